The highest BCUT2D eigenvalue weighted by Crippen LogP contribution is 2.29. The Morgan fingerprint density at radius 1 is 1.11 bits per heavy atom. The molecule has 8 heteroatoms. The van der Waals surface area contributed by atoms with E-state index in [2.05, 4.69) is 15.5 Å². The number of carbonyl (C=O) groups excluding carboxylic acids is 1. The first kappa shape index (κ1) is 18.9. The monoisotopic (exact) mass is 389 g/mol. The van der Waals surface area contributed by atoms with Gasteiger partial charge in [-0.15, -0.1) is 11.8 Å². The van der Waals surface area contributed by atoms with Crippen molar-refractivity contribution in [1.29, 1.82) is 0 Å². The first-order valence-corrected chi connectivity index (χ1v) is 8.88. The molecule has 1 heterocycles. The van der Waals surface area contributed by atoms with Crippen LogP contribution < -0.4 is 5.43 Å². The summed E-state index contributed by atoms with van der Waals surface area (Å²) in [5.41, 5.74) is 2.91. The zero-order valence-electron chi connectivity index (χ0n) is 13.9. The van der Waals surface area contributed by atoms with Gasteiger partial charge >= 0.3 is 6.18 Å². The number of carbonyl (C=O) groups is 1. The molecule has 27 heavy (non-hydrogen) atoms. The number of fused-ring (bicyclic) bond motifs is 1. The van der Waals surface area contributed by atoms with Crippen LogP contribution in [0.25, 0.3) is 10.9 Å². The number of hydrogen-bond donors (Lipinski definition) is 1. The topological polar surface area (TPSA) is 54.4 Å². The van der Waals surface area contributed by atoms with Crippen molar-refractivity contribution in [2.45, 2.75) is 11.1 Å². The van der Waals surface area contributed by atoms with Gasteiger partial charge in [0.25, 0.3) is 0 Å². The van der Waals surface area contributed by atoms with E-state index in [9.17, 15) is 18.0 Å². The summed E-state index contributed by atoms with van der Waals surface area (Å²) in [4.78, 5) is 17.1. The Balaban J connectivity index is 1.54. The van der Waals surface area contributed by atoms with Crippen LogP contribution in [-0.4, -0.2) is 22.9 Å². The van der Waals surface area contributed by atoms with Gasteiger partial charge in [0.2, 0.25) is 5.91 Å². The maximum atomic E-state index is 12.5. The fourth-order valence-electron chi connectivity index (χ4n) is 2.31. The standard InChI is InChI=1S/C19H14F3N3OS/c20-19(21,22)15-8-6-13(7-9-15)11-24-25-17(26)12-27-16-5-1-3-14-4-2-10-23-18(14)16/h1-11H,12H2,(H,25,26)/b24-11-. The number of para-hydroxylation sites is 1. The van der Waals surface area contributed by atoms with E-state index in [1.807, 2.05) is 30.3 Å². The van der Waals surface area contributed by atoms with E-state index in [0.29, 0.717) is 5.56 Å². The van der Waals surface area contributed by atoms with E-state index in [0.717, 1.165) is 27.9 Å². The largest absolute Gasteiger partial charge is 0.416 e. The van der Waals surface area contributed by atoms with Crippen LogP contribution in [0.2, 0.25) is 0 Å². The minimum absolute atomic E-state index is 0.139. The van der Waals surface area contributed by atoms with Crippen LogP contribution in [0, 0.1) is 0 Å². The van der Waals surface area contributed by atoms with Crippen LogP contribution >= 0.6 is 11.8 Å². The molecule has 0 unspecified atom stereocenters. The first-order valence-electron chi connectivity index (χ1n) is 7.89. The van der Waals surface area contributed by atoms with E-state index in [4.69, 9.17) is 0 Å². The number of halogens is 3. The van der Waals surface area contributed by atoms with Crippen molar-refractivity contribution in [3.63, 3.8) is 0 Å². The molecule has 3 rings (SSSR count). The molecule has 4 nitrogen and oxygen atoms in total. The molecule has 0 fully saturated rings. The molecule has 0 spiro atoms. The van der Waals surface area contributed by atoms with Gasteiger partial charge < -0.3 is 0 Å². The number of nitrogens with one attached hydrogen (secondary N) is 1. The summed E-state index contributed by atoms with van der Waals surface area (Å²) in [6.07, 6.45) is -1.39. The van der Waals surface area contributed by atoms with Crippen LogP contribution in [0.5, 0.6) is 0 Å². The van der Waals surface area contributed by atoms with Crippen LogP contribution in [0.4, 0.5) is 13.2 Å². The molecule has 2 aromatic carbocycles. The summed E-state index contributed by atoms with van der Waals surface area (Å²) in [7, 11) is 0. The van der Waals surface area contributed by atoms with Gasteiger partial charge in [-0.05, 0) is 29.8 Å². The lowest BCUT2D eigenvalue weighted by atomic mass is 10.1. The molecule has 0 aliphatic carbocycles. The van der Waals surface area contributed by atoms with Crippen molar-refractivity contribution in [2.75, 3.05) is 5.75 Å². The molecule has 0 atom stereocenters. The van der Waals surface area contributed by atoms with E-state index in [1.165, 1.54) is 30.1 Å². The fourth-order valence-corrected chi connectivity index (χ4v) is 3.14. The molecule has 0 saturated carbocycles. The summed E-state index contributed by atoms with van der Waals surface area (Å²) in [6, 6.07) is 14.0. The maximum absolute atomic E-state index is 12.5. The lowest BCUT2D eigenvalue weighted by molar-refractivity contribution is -0.137. The SMILES string of the molecule is O=C(CSc1cccc2cccnc12)N/N=C\c1ccc(C(F)(F)F)cc1. The van der Waals surface area contributed by atoms with Gasteiger partial charge in [-0.2, -0.15) is 18.3 Å². The molecular formula is C19H14F3N3OS. The van der Waals surface area contributed by atoms with Crippen molar-refractivity contribution in [3.8, 4) is 0 Å². The second kappa shape index (κ2) is 8.22. The predicted octanol–water partition coefficient (Wildman–Crippen LogP) is 4.50. The summed E-state index contributed by atoms with van der Waals surface area (Å²) >= 11 is 1.34. The van der Waals surface area contributed by atoms with Gasteiger partial charge in [0.1, 0.15) is 0 Å². The first-order chi connectivity index (χ1) is 12.9. The second-order valence-electron chi connectivity index (χ2n) is 5.53. The summed E-state index contributed by atoms with van der Waals surface area (Å²) in [6.45, 7) is 0. The number of benzene rings is 2. The van der Waals surface area contributed by atoms with Crippen LogP contribution in [0.15, 0.2) is 70.8 Å². The highest BCUT2D eigenvalue weighted by molar-refractivity contribution is 8.00. The summed E-state index contributed by atoms with van der Waals surface area (Å²) in [5, 5.41) is 4.76. The van der Waals surface area contributed by atoms with E-state index < -0.39 is 11.7 Å². The van der Waals surface area contributed by atoms with Crippen molar-refractivity contribution in [1.82, 2.24) is 10.4 Å². The molecule has 1 amide bonds. The molecule has 1 N–H and O–H groups in total. The molecule has 0 saturated heterocycles. The van der Waals surface area contributed by atoms with Crippen LogP contribution in [0.1, 0.15) is 11.1 Å². The van der Waals surface area contributed by atoms with Gasteiger partial charge in [0.05, 0.1) is 23.0 Å². The molecular weight excluding hydrogens is 375 g/mol. The molecule has 3 aromatic rings. The van der Waals surface area contributed by atoms with Crippen molar-refractivity contribution < 1.29 is 18.0 Å². The molecule has 0 aliphatic rings. The normalized spacial score (nSPS) is 11.8. The van der Waals surface area contributed by atoms with E-state index >= 15 is 0 Å². The Hall–Kier alpha value is -2.87. The minimum atomic E-state index is -4.38. The number of rotatable bonds is 5. The Morgan fingerprint density at radius 2 is 1.85 bits per heavy atom. The third-order valence-electron chi connectivity index (χ3n) is 3.60. The summed E-state index contributed by atoms with van der Waals surface area (Å²) in [5.74, 6) is -0.184. The van der Waals surface area contributed by atoms with E-state index in [1.54, 1.807) is 6.20 Å². The molecule has 0 aliphatic heterocycles. The highest BCUT2D eigenvalue weighted by Gasteiger charge is 2.29. The Labute approximate surface area is 157 Å². The number of hydrazone groups is 1. The Kier molecular flexibility index (Phi) is 5.75. The number of hydrogen-bond acceptors (Lipinski definition) is 4. The number of aromatic nitrogens is 1. The zero-order valence-corrected chi connectivity index (χ0v) is 14.7. The van der Waals surface area contributed by atoms with Gasteiger partial charge in [-0.25, -0.2) is 5.43 Å². The molecule has 0 radical (unpaired) electrons. The van der Waals surface area contributed by atoms with Crippen molar-refractivity contribution in [2.24, 2.45) is 5.10 Å². The smallest absolute Gasteiger partial charge is 0.272 e. The van der Waals surface area contributed by atoms with Crippen molar-refractivity contribution in [3.05, 3.63) is 71.9 Å². The zero-order chi connectivity index (χ0) is 19.3. The lowest BCUT2D eigenvalue weighted by Crippen LogP contribution is -2.19. The number of thioether (sulfide) groups is 1. The number of pyridine rings is 1. The van der Waals surface area contributed by atoms with Gasteiger partial charge in [0.15, 0.2) is 0 Å². The number of nitrogens with zero attached hydrogens (tertiary/aromatic N) is 2. The predicted molar refractivity (Wildman–Crippen MR) is 99.6 cm³/mol. The lowest BCUT2D eigenvalue weighted by Gasteiger charge is -2.06. The average Bonchev–Trinajstić information content (AvgIpc) is 2.66. The molecule has 138 valence electrons. The second-order valence-corrected chi connectivity index (χ2v) is 6.55. The third-order valence-corrected chi connectivity index (χ3v) is 4.64. The van der Waals surface area contributed by atoms with Crippen LogP contribution in [0.3, 0.4) is 0 Å². The molecule has 1 aromatic heterocycles. The highest BCUT2D eigenvalue weighted by atomic mass is 32.2. The molecule has 0 bridgehead atoms. The number of amides is 1. The Morgan fingerprint density at radius 3 is 2.59 bits per heavy atom. The van der Waals surface area contributed by atoms with Crippen molar-refractivity contribution >= 4 is 34.8 Å². The average molecular weight is 389 g/mol. The maximum Gasteiger partial charge on any atom is 0.416 e. The summed E-state index contributed by atoms with van der Waals surface area (Å²) < 4.78 is 37.5. The minimum Gasteiger partial charge on any atom is -0.272 e. The number of alkyl halides is 3. The van der Waals surface area contributed by atoms with Gasteiger partial charge in [0, 0.05) is 16.5 Å². The fraction of sp³-hybridized carbons (Fsp3) is 0.105. The van der Waals surface area contributed by atoms with E-state index in [-0.39, 0.29) is 11.7 Å². The van der Waals surface area contributed by atoms with Gasteiger partial charge in [-0.1, -0.05) is 30.3 Å². The van der Waals surface area contributed by atoms with Gasteiger partial charge in [-0.3, -0.25) is 9.78 Å². The Bertz CT molecular complexity index is 967. The third kappa shape index (κ3) is 5.07. The quantitative estimate of drug-likeness (QED) is 0.397. The van der Waals surface area contributed by atoms with Crippen LogP contribution in [-0.2, 0) is 11.0 Å².